The van der Waals surface area contributed by atoms with Gasteiger partial charge in [0.05, 0.1) is 23.9 Å². The van der Waals surface area contributed by atoms with Crippen molar-refractivity contribution in [3.8, 4) is 5.75 Å². The summed E-state index contributed by atoms with van der Waals surface area (Å²) >= 11 is 0. The minimum absolute atomic E-state index is 0.0619. The van der Waals surface area contributed by atoms with Crippen LogP contribution in [0, 0.1) is 26.6 Å². The third-order valence-electron chi connectivity index (χ3n) is 6.85. The maximum Gasteiger partial charge on any atom is 0.268 e. The van der Waals surface area contributed by atoms with Gasteiger partial charge in [-0.15, -0.1) is 0 Å². The highest BCUT2D eigenvalue weighted by Gasteiger charge is 2.28. The summed E-state index contributed by atoms with van der Waals surface area (Å²) in [5, 5.41) is 0.399. The molecule has 9 heteroatoms. The minimum atomic E-state index is -4.06. The molecule has 0 radical (unpaired) electrons. The predicted molar refractivity (Wildman–Crippen MR) is 141 cm³/mol. The van der Waals surface area contributed by atoms with Gasteiger partial charge in [0.2, 0.25) is 5.91 Å². The first-order valence-electron chi connectivity index (χ1n) is 11.9. The maximum atomic E-state index is 14.3. The van der Waals surface area contributed by atoms with Crippen LogP contribution < -0.4 is 4.74 Å². The summed E-state index contributed by atoms with van der Waals surface area (Å²) in [5.41, 5.74) is 3.33. The van der Waals surface area contributed by atoms with E-state index in [0.29, 0.717) is 52.0 Å². The zero-order valence-corrected chi connectivity index (χ0v) is 22.4. The maximum absolute atomic E-state index is 14.3. The first-order chi connectivity index (χ1) is 17.6. The van der Waals surface area contributed by atoms with Crippen molar-refractivity contribution < 1.29 is 22.3 Å². The Kier molecular flexibility index (Phi) is 7.36. The second-order valence-corrected chi connectivity index (χ2v) is 10.8. The molecule has 2 aromatic heterocycles. The Morgan fingerprint density at radius 2 is 1.84 bits per heavy atom. The van der Waals surface area contributed by atoms with E-state index in [2.05, 4.69) is 4.98 Å². The summed E-state index contributed by atoms with van der Waals surface area (Å²) in [6.45, 7) is 5.63. The lowest BCUT2D eigenvalue weighted by Crippen LogP contribution is -2.30. The molecule has 0 unspecified atom stereocenters. The van der Waals surface area contributed by atoms with Crippen molar-refractivity contribution in [2.45, 2.75) is 38.5 Å². The number of pyridine rings is 1. The Morgan fingerprint density at radius 3 is 2.51 bits per heavy atom. The van der Waals surface area contributed by atoms with E-state index >= 15 is 0 Å². The third-order valence-corrected chi connectivity index (χ3v) is 8.80. The number of halogens is 1. The number of methoxy groups -OCH3 is 1. The quantitative estimate of drug-likeness (QED) is 0.338. The normalized spacial score (nSPS) is 11.6. The molecule has 7 nitrogen and oxygen atoms in total. The Bertz CT molecular complexity index is 1580. The average molecular weight is 524 g/mol. The van der Waals surface area contributed by atoms with Crippen molar-refractivity contribution in [2.24, 2.45) is 0 Å². The third kappa shape index (κ3) is 4.96. The summed E-state index contributed by atoms with van der Waals surface area (Å²) in [4.78, 5) is 19.1. The molecule has 0 saturated heterocycles. The van der Waals surface area contributed by atoms with Crippen molar-refractivity contribution in [1.29, 1.82) is 0 Å². The fourth-order valence-corrected chi connectivity index (χ4v) is 6.43. The van der Waals surface area contributed by atoms with Crippen LogP contribution in [0.2, 0.25) is 0 Å². The van der Waals surface area contributed by atoms with Crippen LogP contribution in [0.25, 0.3) is 10.9 Å². The number of hydrogen-bond acceptors (Lipinski definition) is 5. The van der Waals surface area contributed by atoms with Gasteiger partial charge in [0.1, 0.15) is 11.6 Å². The van der Waals surface area contributed by atoms with Gasteiger partial charge in [0, 0.05) is 43.0 Å². The molecule has 0 spiro atoms. The number of ether oxygens (including phenoxy) is 1. The zero-order chi connectivity index (χ0) is 26.9. The molecule has 0 fully saturated rings. The van der Waals surface area contributed by atoms with E-state index in [9.17, 15) is 17.6 Å². The van der Waals surface area contributed by atoms with Crippen LogP contribution in [0.5, 0.6) is 5.75 Å². The highest BCUT2D eigenvalue weighted by Crippen LogP contribution is 2.34. The van der Waals surface area contributed by atoms with E-state index < -0.39 is 15.8 Å². The topological polar surface area (TPSA) is 81.5 Å². The predicted octanol–water partition coefficient (Wildman–Crippen LogP) is 4.59. The fraction of sp³-hybridized carbons (Fsp3) is 0.286. The summed E-state index contributed by atoms with van der Waals surface area (Å²) in [6.07, 6.45) is 2.23. The van der Waals surface area contributed by atoms with Gasteiger partial charge in [-0.05, 0) is 79.9 Å². The van der Waals surface area contributed by atoms with Crippen molar-refractivity contribution in [3.05, 3.63) is 88.6 Å². The van der Waals surface area contributed by atoms with Crippen LogP contribution in [0.3, 0.4) is 0 Å². The molecule has 2 heterocycles. The van der Waals surface area contributed by atoms with Crippen molar-refractivity contribution in [2.75, 3.05) is 20.7 Å². The van der Waals surface area contributed by atoms with Crippen LogP contribution in [0.1, 0.15) is 28.1 Å². The van der Waals surface area contributed by atoms with Gasteiger partial charge in [-0.25, -0.2) is 16.8 Å². The van der Waals surface area contributed by atoms with E-state index in [-0.39, 0.29) is 17.2 Å². The smallest absolute Gasteiger partial charge is 0.268 e. The van der Waals surface area contributed by atoms with Gasteiger partial charge in [0.25, 0.3) is 10.0 Å². The van der Waals surface area contributed by atoms with Gasteiger partial charge in [-0.1, -0.05) is 6.07 Å². The Labute approximate surface area is 216 Å². The Morgan fingerprint density at radius 1 is 1.08 bits per heavy atom. The number of amides is 1. The number of hydrogen-bond donors (Lipinski definition) is 0. The Balaban J connectivity index is 1.74. The minimum Gasteiger partial charge on any atom is -0.496 e. The summed E-state index contributed by atoms with van der Waals surface area (Å²) in [6, 6.07) is 12.7. The second kappa shape index (κ2) is 10.3. The number of likely N-dealkylation sites (N-methyl/N-ethyl adjacent to an activating group) is 1. The molecule has 0 saturated carbocycles. The molecule has 4 rings (SSSR count). The molecular weight excluding hydrogens is 493 g/mol. The van der Waals surface area contributed by atoms with Gasteiger partial charge in [-0.3, -0.25) is 9.78 Å². The van der Waals surface area contributed by atoms with Crippen LogP contribution in [-0.4, -0.2) is 48.9 Å². The monoisotopic (exact) mass is 523 g/mol. The van der Waals surface area contributed by atoms with E-state index in [1.54, 1.807) is 45.0 Å². The van der Waals surface area contributed by atoms with Gasteiger partial charge in [-0.2, -0.15) is 0 Å². The van der Waals surface area contributed by atoms with Gasteiger partial charge < -0.3 is 9.64 Å². The number of benzene rings is 2. The summed E-state index contributed by atoms with van der Waals surface area (Å²) in [7, 11) is -0.836. The number of carbonyl (C=O) groups is 1. The van der Waals surface area contributed by atoms with Crippen LogP contribution >= 0.6 is 0 Å². The molecular formula is C28H30FN3O4S. The van der Waals surface area contributed by atoms with E-state index in [4.69, 9.17) is 4.74 Å². The van der Waals surface area contributed by atoms with Crippen molar-refractivity contribution in [1.82, 2.24) is 13.9 Å². The first kappa shape index (κ1) is 26.3. The SMILES string of the molecule is COc1ccc(S(=O)(=O)n2c(C)c(CC(=O)N(C)CCc3ccccn3)c3cc(F)ccc32)c(C)c1C. The molecule has 0 aliphatic heterocycles. The molecule has 0 N–H and O–H groups in total. The van der Waals surface area contributed by atoms with E-state index in [1.165, 1.54) is 35.3 Å². The highest BCUT2D eigenvalue weighted by atomic mass is 32.2. The molecule has 194 valence electrons. The number of fused-ring (bicyclic) bond motifs is 1. The zero-order valence-electron chi connectivity index (χ0n) is 21.6. The number of rotatable bonds is 8. The van der Waals surface area contributed by atoms with Crippen LogP contribution in [0.15, 0.2) is 59.6 Å². The number of nitrogens with zero attached hydrogens (tertiary/aromatic N) is 3. The second-order valence-electron chi connectivity index (χ2n) is 9.07. The van der Waals surface area contributed by atoms with Crippen LogP contribution in [-0.2, 0) is 27.7 Å². The average Bonchev–Trinajstić information content (AvgIpc) is 3.15. The molecule has 0 bridgehead atoms. The van der Waals surface area contributed by atoms with E-state index in [1.807, 2.05) is 18.2 Å². The lowest BCUT2D eigenvalue weighted by atomic mass is 10.1. The molecule has 1 amide bonds. The van der Waals surface area contributed by atoms with Gasteiger partial charge >= 0.3 is 0 Å². The first-order valence-corrected chi connectivity index (χ1v) is 13.3. The Hall–Kier alpha value is -3.72. The van der Waals surface area contributed by atoms with E-state index in [0.717, 1.165) is 5.69 Å². The molecule has 37 heavy (non-hydrogen) atoms. The summed E-state index contributed by atoms with van der Waals surface area (Å²) < 4.78 is 48.7. The molecule has 0 aliphatic rings. The highest BCUT2D eigenvalue weighted by molar-refractivity contribution is 7.90. The molecule has 2 aromatic carbocycles. The fourth-order valence-electron chi connectivity index (χ4n) is 4.57. The van der Waals surface area contributed by atoms with Crippen LogP contribution in [0.4, 0.5) is 4.39 Å². The summed E-state index contributed by atoms with van der Waals surface area (Å²) in [5.74, 6) is -0.112. The molecule has 4 aromatic rings. The number of aromatic nitrogens is 2. The number of carbonyl (C=O) groups excluding carboxylic acids is 1. The molecule has 0 aliphatic carbocycles. The largest absolute Gasteiger partial charge is 0.496 e. The lowest BCUT2D eigenvalue weighted by Gasteiger charge is -2.17. The lowest BCUT2D eigenvalue weighted by molar-refractivity contribution is -0.129. The standard InChI is InChI=1S/C28H30FN3O4S/c1-18-19(2)27(12-11-26(18)36-5)37(34,35)32-20(3)23(24-16-21(29)9-10-25(24)32)17-28(33)31(4)15-13-22-8-6-7-14-30-22/h6-12,14,16H,13,15,17H2,1-5H3. The molecule has 0 atom stereocenters. The van der Waals surface area contributed by atoms with Gasteiger partial charge in [0.15, 0.2) is 0 Å². The van der Waals surface area contributed by atoms with Crippen molar-refractivity contribution >= 4 is 26.8 Å². The van der Waals surface area contributed by atoms with Crippen molar-refractivity contribution in [3.63, 3.8) is 0 Å².